The highest BCUT2D eigenvalue weighted by atomic mass is 32.2. The molecule has 0 spiro atoms. The third-order valence-electron chi connectivity index (χ3n) is 2.60. The Bertz CT molecular complexity index is 810. The van der Waals surface area contributed by atoms with Crippen LogP contribution in [-0.2, 0) is 21.8 Å². The van der Waals surface area contributed by atoms with Gasteiger partial charge in [0.05, 0.1) is 10.5 Å². The van der Waals surface area contributed by atoms with Gasteiger partial charge in [0.25, 0.3) is 0 Å². The fraction of sp³-hybridized carbons (Fsp3) is 0.167. The molecule has 0 saturated carbocycles. The molecule has 0 radical (unpaired) electrons. The van der Waals surface area contributed by atoms with Crippen LogP contribution in [0.1, 0.15) is 21.9 Å². The van der Waals surface area contributed by atoms with E-state index in [1.54, 1.807) is 0 Å². The number of nitrogens with zero attached hydrogens (tertiary/aromatic N) is 1. The molecule has 0 aliphatic heterocycles. The maximum Gasteiger partial charge on any atom is 0.416 e. The van der Waals surface area contributed by atoms with Crippen molar-refractivity contribution in [3.63, 3.8) is 0 Å². The van der Waals surface area contributed by atoms with Gasteiger partial charge in [0, 0.05) is 0 Å². The van der Waals surface area contributed by atoms with E-state index >= 15 is 0 Å². The summed E-state index contributed by atoms with van der Waals surface area (Å²) in [5.41, 5.74) is -1.60. The minimum Gasteiger partial charge on any atom is -0.476 e. The molecule has 0 aliphatic rings. The SMILES string of the molecule is O=C(O)c1coc(CS(=O)(=O)c2cccc(C(F)(F)F)c2)n1. The highest BCUT2D eigenvalue weighted by Crippen LogP contribution is 2.31. The minimum absolute atomic E-state index is 0.421. The Hall–Kier alpha value is -2.36. The first-order valence-electron chi connectivity index (χ1n) is 5.67. The summed E-state index contributed by atoms with van der Waals surface area (Å²) in [4.78, 5) is 13.5. The summed E-state index contributed by atoms with van der Waals surface area (Å²) in [6.07, 6.45) is -3.93. The van der Waals surface area contributed by atoms with E-state index < -0.39 is 49.8 Å². The van der Waals surface area contributed by atoms with Crippen LogP contribution in [0.2, 0.25) is 0 Å². The molecule has 2 aromatic rings. The van der Waals surface area contributed by atoms with Crippen LogP contribution in [0, 0.1) is 0 Å². The summed E-state index contributed by atoms with van der Waals surface area (Å²) in [5, 5.41) is 8.64. The van der Waals surface area contributed by atoms with E-state index in [-0.39, 0.29) is 0 Å². The second-order valence-corrected chi connectivity index (χ2v) is 6.21. The number of carboxylic acid groups (broad SMARTS) is 1. The largest absolute Gasteiger partial charge is 0.476 e. The van der Waals surface area contributed by atoms with Crippen molar-refractivity contribution in [2.75, 3.05) is 0 Å². The molecule has 0 fully saturated rings. The van der Waals surface area contributed by atoms with E-state index in [2.05, 4.69) is 9.40 Å². The van der Waals surface area contributed by atoms with Gasteiger partial charge in [-0.15, -0.1) is 0 Å². The summed E-state index contributed by atoms with van der Waals surface area (Å²) in [7, 11) is -4.16. The number of hydrogen-bond donors (Lipinski definition) is 1. The number of benzene rings is 1. The number of rotatable bonds is 4. The van der Waals surface area contributed by atoms with Gasteiger partial charge in [0.2, 0.25) is 5.89 Å². The number of sulfone groups is 1. The lowest BCUT2D eigenvalue weighted by atomic mass is 10.2. The average Bonchev–Trinajstić information content (AvgIpc) is 2.86. The molecule has 1 heterocycles. The van der Waals surface area contributed by atoms with E-state index in [0.29, 0.717) is 6.07 Å². The number of halogens is 3. The standard InChI is InChI=1S/C12H8F3NO5S/c13-12(14,15)7-2-1-3-8(4-7)22(19,20)6-10-16-9(5-21-10)11(17)18/h1-5H,6H2,(H,17,18). The van der Waals surface area contributed by atoms with E-state index in [4.69, 9.17) is 5.11 Å². The highest BCUT2D eigenvalue weighted by molar-refractivity contribution is 7.90. The molecule has 0 aliphatic carbocycles. The predicted octanol–water partition coefficient (Wildman–Crippen LogP) is 2.37. The number of carbonyl (C=O) groups is 1. The number of alkyl halides is 3. The summed E-state index contributed by atoms with van der Waals surface area (Å²) in [6.45, 7) is 0. The number of aromatic nitrogens is 1. The molecule has 0 bridgehead atoms. The minimum atomic E-state index is -4.68. The molecular weight excluding hydrogens is 327 g/mol. The van der Waals surface area contributed by atoms with Gasteiger partial charge in [0.1, 0.15) is 12.0 Å². The lowest BCUT2D eigenvalue weighted by Gasteiger charge is -2.08. The van der Waals surface area contributed by atoms with Crippen molar-refractivity contribution in [2.24, 2.45) is 0 Å². The van der Waals surface area contributed by atoms with Crippen molar-refractivity contribution in [1.29, 1.82) is 0 Å². The average molecular weight is 335 g/mol. The lowest BCUT2D eigenvalue weighted by Crippen LogP contribution is -2.09. The molecule has 0 unspecified atom stereocenters. The van der Waals surface area contributed by atoms with Crippen molar-refractivity contribution in [3.8, 4) is 0 Å². The van der Waals surface area contributed by atoms with Crippen LogP contribution in [0.5, 0.6) is 0 Å². The first kappa shape index (κ1) is 16.0. The predicted molar refractivity (Wildman–Crippen MR) is 65.8 cm³/mol. The van der Waals surface area contributed by atoms with Crippen molar-refractivity contribution in [3.05, 3.63) is 47.7 Å². The first-order valence-corrected chi connectivity index (χ1v) is 7.32. The maximum absolute atomic E-state index is 12.6. The Kier molecular flexibility index (Phi) is 3.96. The molecule has 0 atom stereocenters. The summed E-state index contributed by atoms with van der Waals surface area (Å²) < 4.78 is 66.5. The number of oxazole rings is 1. The third-order valence-corrected chi connectivity index (χ3v) is 4.20. The van der Waals surface area contributed by atoms with E-state index in [9.17, 15) is 26.4 Å². The van der Waals surface area contributed by atoms with Crippen LogP contribution in [-0.4, -0.2) is 24.5 Å². The summed E-state index contributed by atoms with van der Waals surface area (Å²) >= 11 is 0. The summed E-state index contributed by atoms with van der Waals surface area (Å²) in [6, 6.07) is 3.21. The molecular formula is C12H8F3NO5S. The van der Waals surface area contributed by atoms with Crippen LogP contribution >= 0.6 is 0 Å². The molecule has 10 heteroatoms. The Morgan fingerprint density at radius 1 is 1.32 bits per heavy atom. The quantitative estimate of drug-likeness (QED) is 0.921. The van der Waals surface area contributed by atoms with Gasteiger partial charge in [-0.3, -0.25) is 0 Å². The first-order chi connectivity index (χ1) is 10.1. The molecule has 118 valence electrons. The van der Waals surface area contributed by atoms with E-state index in [1.807, 2.05) is 0 Å². The Morgan fingerprint density at radius 2 is 2.00 bits per heavy atom. The van der Waals surface area contributed by atoms with Gasteiger partial charge < -0.3 is 9.52 Å². The van der Waals surface area contributed by atoms with Crippen LogP contribution in [0.15, 0.2) is 39.8 Å². The van der Waals surface area contributed by atoms with Gasteiger partial charge in [-0.1, -0.05) is 6.07 Å². The number of carboxylic acids is 1. The molecule has 0 amide bonds. The van der Waals surface area contributed by atoms with Crippen LogP contribution in [0.3, 0.4) is 0 Å². The topological polar surface area (TPSA) is 97.5 Å². The highest BCUT2D eigenvalue weighted by Gasteiger charge is 2.32. The van der Waals surface area contributed by atoms with Gasteiger partial charge in [-0.05, 0) is 18.2 Å². The number of hydrogen-bond acceptors (Lipinski definition) is 5. The fourth-order valence-corrected chi connectivity index (χ4v) is 2.80. The smallest absolute Gasteiger partial charge is 0.416 e. The zero-order valence-corrected chi connectivity index (χ0v) is 11.5. The molecule has 0 saturated heterocycles. The third kappa shape index (κ3) is 3.45. The van der Waals surface area contributed by atoms with Crippen molar-refractivity contribution < 1.29 is 35.9 Å². The van der Waals surface area contributed by atoms with Crippen molar-refractivity contribution in [1.82, 2.24) is 4.98 Å². The van der Waals surface area contributed by atoms with E-state index in [0.717, 1.165) is 24.5 Å². The lowest BCUT2D eigenvalue weighted by molar-refractivity contribution is -0.137. The molecule has 1 N–H and O–H groups in total. The van der Waals surface area contributed by atoms with Crippen molar-refractivity contribution in [2.45, 2.75) is 16.8 Å². The molecule has 1 aromatic carbocycles. The molecule has 22 heavy (non-hydrogen) atoms. The molecule has 1 aromatic heterocycles. The van der Waals surface area contributed by atoms with Gasteiger partial charge >= 0.3 is 12.1 Å². The molecule has 6 nitrogen and oxygen atoms in total. The monoisotopic (exact) mass is 335 g/mol. The van der Waals surface area contributed by atoms with Crippen LogP contribution < -0.4 is 0 Å². The normalized spacial score (nSPS) is 12.3. The Balaban J connectivity index is 2.32. The van der Waals surface area contributed by atoms with Crippen molar-refractivity contribution >= 4 is 15.8 Å². The maximum atomic E-state index is 12.6. The summed E-state index contributed by atoms with van der Waals surface area (Å²) in [5.74, 6) is -2.68. The fourth-order valence-electron chi connectivity index (χ4n) is 1.59. The number of aromatic carboxylic acids is 1. The second-order valence-electron chi connectivity index (χ2n) is 4.22. The Labute approximate surface area is 122 Å². The second kappa shape index (κ2) is 5.44. The zero-order valence-electron chi connectivity index (χ0n) is 10.7. The molecule has 2 rings (SSSR count). The van der Waals surface area contributed by atoms with Crippen LogP contribution in [0.4, 0.5) is 13.2 Å². The zero-order chi connectivity index (χ0) is 16.5. The van der Waals surface area contributed by atoms with Gasteiger partial charge in [-0.25, -0.2) is 18.2 Å². The van der Waals surface area contributed by atoms with Crippen LogP contribution in [0.25, 0.3) is 0 Å². The van der Waals surface area contributed by atoms with Gasteiger partial charge in [0.15, 0.2) is 15.5 Å². The van der Waals surface area contributed by atoms with E-state index in [1.165, 1.54) is 0 Å². The Morgan fingerprint density at radius 3 is 2.55 bits per heavy atom. The van der Waals surface area contributed by atoms with Gasteiger partial charge in [-0.2, -0.15) is 13.2 Å².